The van der Waals surface area contributed by atoms with Gasteiger partial charge in [0.25, 0.3) is 0 Å². The molecule has 110 valence electrons. The Morgan fingerprint density at radius 2 is 2.05 bits per heavy atom. The minimum absolute atomic E-state index is 0.135. The molecule has 0 spiro atoms. The number of carboxylic acids is 1. The van der Waals surface area contributed by atoms with Gasteiger partial charge in [0, 0.05) is 6.61 Å². The van der Waals surface area contributed by atoms with Gasteiger partial charge in [-0.25, -0.2) is 17.9 Å². The molecule has 1 fully saturated rings. The third-order valence-corrected chi connectivity index (χ3v) is 4.70. The van der Waals surface area contributed by atoms with Gasteiger partial charge >= 0.3 is 5.97 Å². The molecule has 20 heavy (non-hydrogen) atoms. The molecule has 1 unspecified atom stereocenters. The number of nitrogens with one attached hydrogen (secondary N) is 1. The highest BCUT2D eigenvalue weighted by Gasteiger charge is 2.33. The molecule has 1 aliphatic heterocycles. The van der Waals surface area contributed by atoms with E-state index in [1.54, 1.807) is 0 Å². The van der Waals surface area contributed by atoms with Crippen molar-refractivity contribution in [2.45, 2.75) is 24.6 Å². The Hall–Kier alpha value is -1.44. The van der Waals surface area contributed by atoms with E-state index in [9.17, 15) is 13.2 Å². The van der Waals surface area contributed by atoms with Crippen molar-refractivity contribution in [2.75, 3.05) is 13.2 Å². The first-order chi connectivity index (χ1) is 9.30. The summed E-state index contributed by atoms with van der Waals surface area (Å²) in [5.74, 6) is -1.21. The molecule has 1 heterocycles. The maximum absolute atomic E-state index is 12.1. The van der Waals surface area contributed by atoms with Gasteiger partial charge in [-0.1, -0.05) is 12.1 Å². The number of carboxylic acid groups (broad SMARTS) is 1. The topological polar surface area (TPSA) is 92.7 Å². The lowest BCUT2D eigenvalue weighted by Crippen LogP contribution is -2.46. The van der Waals surface area contributed by atoms with Crippen molar-refractivity contribution in [3.63, 3.8) is 0 Å². The van der Waals surface area contributed by atoms with Gasteiger partial charge in [-0.15, -0.1) is 0 Å². The molecule has 1 aromatic rings. The molecule has 0 aromatic heterocycles. The van der Waals surface area contributed by atoms with Crippen molar-refractivity contribution in [3.05, 3.63) is 35.4 Å². The van der Waals surface area contributed by atoms with E-state index in [-0.39, 0.29) is 11.3 Å². The first-order valence-corrected chi connectivity index (χ1v) is 7.87. The van der Waals surface area contributed by atoms with Crippen molar-refractivity contribution in [1.82, 2.24) is 4.72 Å². The summed E-state index contributed by atoms with van der Waals surface area (Å²) in [5.41, 5.74) is 0.125. The smallest absolute Gasteiger partial charge is 0.335 e. The zero-order valence-corrected chi connectivity index (χ0v) is 11.9. The zero-order valence-electron chi connectivity index (χ0n) is 11.1. The van der Waals surface area contributed by atoms with E-state index in [1.807, 2.05) is 6.92 Å². The molecule has 1 aromatic carbocycles. The van der Waals surface area contributed by atoms with E-state index in [1.165, 1.54) is 24.3 Å². The number of benzene rings is 1. The van der Waals surface area contributed by atoms with Crippen molar-refractivity contribution in [2.24, 2.45) is 0 Å². The first-order valence-electron chi connectivity index (χ1n) is 6.21. The number of hydrogen-bond donors (Lipinski definition) is 2. The second-order valence-corrected chi connectivity index (χ2v) is 6.95. The fraction of sp³-hybridized carbons (Fsp3) is 0.462. The van der Waals surface area contributed by atoms with Crippen molar-refractivity contribution >= 4 is 16.0 Å². The molecule has 2 N–H and O–H groups in total. The Bertz CT molecular complexity index is 588. The van der Waals surface area contributed by atoms with Crippen LogP contribution in [0.3, 0.4) is 0 Å². The number of aromatic carboxylic acids is 1. The largest absolute Gasteiger partial charge is 0.478 e. The highest BCUT2D eigenvalue weighted by Crippen LogP contribution is 2.19. The summed E-state index contributed by atoms with van der Waals surface area (Å²) in [6.07, 6.45) is 0.643. The SMILES string of the molecule is CC1(NS(=O)(=O)Cc2ccc(C(=O)O)cc2)CCOC1. The molecule has 0 saturated carbocycles. The summed E-state index contributed by atoms with van der Waals surface area (Å²) in [6.45, 7) is 2.72. The molecule has 7 heteroatoms. The molecule has 0 bridgehead atoms. The molecule has 6 nitrogen and oxygen atoms in total. The van der Waals surface area contributed by atoms with Crippen LogP contribution in [0.4, 0.5) is 0 Å². The lowest BCUT2D eigenvalue weighted by Gasteiger charge is -2.23. The second kappa shape index (κ2) is 5.51. The molecule has 1 saturated heterocycles. The Kier molecular flexibility index (Phi) is 4.12. The van der Waals surface area contributed by atoms with Gasteiger partial charge < -0.3 is 9.84 Å². The van der Waals surface area contributed by atoms with Crippen LogP contribution in [0.15, 0.2) is 24.3 Å². The lowest BCUT2D eigenvalue weighted by atomic mass is 10.0. The minimum atomic E-state index is -3.49. The van der Waals surface area contributed by atoms with Crippen molar-refractivity contribution in [1.29, 1.82) is 0 Å². The normalized spacial score (nSPS) is 22.9. The van der Waals surface area contributed by atoms with Gasteiger partial charge in [0.05, 0.1) is 23.5 Å². The van der Waals surface area contributed by atoms with E-state index >= 15 is 0 Å². The summed E-state index contributed by atoms with van der Waals surface area (Å²) in [6, 6.07) is 5.81. The molecule has 2 rings (SSSR count). The molecule has 1 aliphatic rings. The van der Waals surface area contributed by atoms with Crippen molar-refractivity contribution in [3.8, 4) is 0 Å². The lowest BCUT2D eigenvalue weighted by molar-refractivity contribution is 0.0697. The van der Waals surface area contributed by atoms with E-state index < -0.39 is 21.5 Å². The highest BCUT2D eigenvalue weighted by molar-refractivity contribution is 7.88. The number of carbonyl (C=O) groups is 1. The molecule has 0 aliphatic carbocycles. The van der Waals surface area contributed by atoms with Crippen LogP contribution in [0.5, 0.6) is 0 Å². The molecular weight excluding hydrogens is 282 g/mol. The highest BCUT2D eigenvalue weighted by atomic mass is 32.2. The summed E-state index contributed by atoms with van der Waals surface area (Å²) < 4.78 is 32.0. The van der Waals surface area contributed by atoms with Crippen LogP contribution in [0, 0.1) is 0 Å². The molecular formula is C13H17NO5S. The Balaban J connectivity index is 2.06. The van der Waals surface area contributed by atoms with Crippen LogP contribution in [0.1, 0.15) is 29.3 Å². The number of rotatable bonds is 5. The number of hydrogen-bond acceptors (Lipinski definition) is 4. The van der Waals surface area contributed by atoms with E-state index in [2.05, 4.69) is 4.72 Å². The third-order valence-electron chi connectivity index (χ3n) is 3.18. The second-order valence-electron chi connectivity index (χ2n) is 5.23. The fourth-order valence-electron chi connectivity index (χ4n) is 2.12. The predicted octanol–water partition coefficient (Wildman–Crippen LogP) is 0.983. The van der Waals surface area contributed by atoms with Crippen LogP contribution in [-0.4, -0.2) is 38.2 Å². The number of sulfonamides is 1. The number of ether oxygens (including phenoxy) is 1. The molecule has 1 atom stereocenters. The van der Waals surface area contributed by atoms with Crippen LogP contribution in [0.2, 0.25) is 0 Å². The summed E-state index contributed by atoms with van der Waals surface area (Å²) in [4.78, 5) is 10.7. The molecule has 0 radical (unpaired) electrons. The van der Waals surface area contributed by atoms with Gasteiger partial charge in [0.15, 0.2) is 0 Å². The quantitative estimate of drug-likeness (QED) is 0.845. The molecule has 0 amide bonds. The Labute approximate surface area is 117 Å². The first kappa shape index (κ1) is 15.0. The summed E-state index contributed by atoms with van der Waals surface area (Å²) in [5, 5.41) is 8.79. The van der Waals surface area contributed by atoms with Crippen LogP contribution in [0.25, 0.3) is 0 Å². The standard InChI is InChI=1S/C13H17NO5S/c1-13(6-7-19-9-13)14-20(17,18)8-10-2-4-11(5-3-10)12(15)16/h2-5,14H,6-9H2,1H3,(H,15,16). The van der Waals surface area contributed by atoms with Crippen molar-refractivity contribution < 1.29 is 23.1 Å². The monoisotopic (exact) mass is 299 g/mol. The van der Waals surface area contributed by atoms with E-state index in [0.29, 0.717) is 25.2 Å². The Morgan fingerprint density at radius 3 is 2.55 bits per heavy atom. The van der Waals surface area contributed by atoms with Gasteiger partial charge in [-0.3, -0.25) is 0 Å². The van der Waals surface area contributed by atoms with Crippen LogP contribution >= 0.6 is 0 Å². The minimum Gasteiger partial charge on any atom is -0.478 e. The predicted molar refractivity (Wildman–Crippen MR) is 73.0 cm³/mol. The maximum atomic E-state index is 12.1. The van der Waals surface area contributed by atoms with E-state index in [4.69, 9.17) is 9.84 Å². The van der Waals surface area contributed by atoms with Crippen LogP contribution < -0.4 is 4.72 Å². The van der Waals surface area contributed by atoms with Gasteiger partial charge in [0.1, 0.15) is 0 Å². The van der Waals surface area contributed by atoms with E-state index in [0.717, 1.165) is 0 Å². The average Bonchev–Trinajstić information content (AvgIpc) is 2.74. The summed E-state index contributed by atoms with van der Waals surface area (Å²) in [7, 11) is -3.49. The maximum Gasteiger partial charge on any atom is 0.335 e. The average molecular weight is 299 g/mol. The summed E-state index contributed by atoms with van der Waals surface area (Å²) >= 11 is 0. The van der Waals surface area contributed by atoms with Gasteiger partial charge in [0.2, 0.25) is 10.0 Å². The van der Waals surface area contributed by atoms with Crippen LogP contribution in [-0.2, 0) is 20.5 Å². The van der Waals surface area contributed by atoms with Gasteiger partial charge in [-0.2, -0.15) is 0 Å². The fourth-order valence-corrected chi connectivity index (χ4v) is 3.74. The Morgan fingerprint density at radius 1 is 1.40 bits per heavy atom. The third kappa shape index (κ3) is 3.78. The zero-order chi connectivity index (χ0) is 14.8. The van der Waals surface area contributed by atoms with Gasteiger partial charge in [-0.05, 0) is 31.0 Å².